The van der Waals surface area contributed by atoms with Gasteiger partial charge in [0.1, 0.15) is 5.69 Å². The molecular weight excluding hydrogens is 320 g/mol. The standard InChI is InChI=1S/C18H18N4O3/c23-18(15-6-2-1-3-7-15)20-19-13-14-8-9-16(17(12-14)22(24)25)21-10-4-5-11-21/h1-3,6-9,12-13H,4-5,10-11H2,(H,20,23)/b19-13+. The molecule has 0 bridgehead atoms. The lowest BCUT2D eigenvalue weighted by molar-refractivity contribution is -0.384. The second kappa shape index (κ2) is 7.57. The number of hydrogen-bond acceptors (Lipinski definition) is 5. The van der Waals surface area contributed by atoms with Gasteiger partial charge >= 0.3 is 0 Å². The number of nitrogens with zero attached hydrogens (tertiary/aromatic N) is 3. The number of carbonyl (C=O) groups excluding carboxylic acids is 1. The van der Waals surface area contributed by atoms with Crippen LogP contribution < -0.4 is 10.3 Å². The highest BCUT2D eigenvalue weighted by atomic mass is 16.6. The van der Waals surface area contributed by atoms with Crippen molar-refractivity contribution in [3.8, 4) is 0 Å². The molecule has 7 nitrogen and oxygen atoms in total. The number of rotatable bonds is 5. The van der Waals surface area contributed by atoms with E-state index < -0.39 is 0 Å². The first-order valence-electron chi connectivity index (χ1n) is 8.07. The fourth-order valence-corrected chi connectivity index (χ4v) is 2.81. The van der Waals surface area contributed by atoms with Crippen molar-refractivity contribution in [3.05, 3.63) is 69.8 Å². The van der Waals surface area contributed by atoms with E-state index in [9.17, 15) is 14.9 Å². The Morgan fingerprint density at radius 1 is 1.16 bits per heavy atom. The molecule has 0 spiro atoms. The van der Waals surface area contributed by atoms with Crippen molar-refractivity contribution in [2.75, 3.05) is 18.0 Å². The Morgan fingerprint density at radius 3 is 2.56 bits per heavy atom. The van der Waals surface area contributed by atoms with Crippen molar-refractivity contribution in [2.45, 2.75) is 12.8 Å². The summed E-state index contributed by atoms with van der Waals surface area (Å²) < 4.78 is 0. The number of nitro benzene ring substituents is 1. The number of nitro groups is 1. The van der Waals surface area contributed by atoms with Crippen molar-refractivity contribution >= 4 is 23.5 Å². The van der Waals surface area contributed by atoms with Crippen LogP contribution in [0.15, 0.2) is 53.6 Å². The van der Waals surface area contributed by atoms with E-state index in [1.807, 2.05) is 11.0 Å². The van der Waals surface area contributed by atoms with Gasteiger partial charge in [0.05, 0.1) is 11.1 Å². The zero-order chi connectivity index (χ0) is 17.6. The van der Waals surface area contributed by atoms with Crippen LogP contribution in [0.3, 0.4) is 0 Å². The molecule has 1 fully saturated rings. The number of anilines is 1. The second-order valence-electron chi connectivity index (χ2n) is 5.76. The van der Waals surface area contributed by atoms with Crippen LogP contribution in [0.25, 0.3) is 0 Å². The number of benzene rings is 2. The minimum absolute atomic E-state index is 0.0558. The number of hydrazone groups is 1. The highest BCUT2D eigenvalue weighted by Gasteiger charge is 2.22. The second-order valence-corrected chi connectivity index (χ2v) is 5.76. The number of hydrogen-bond donors (Lipinski definition) is 1. The lowest BCUT2D eigenvalue weighted by Crippen LogP contribution is -2.19. The molecule has 1 amide bonds. The highest BCUT2D eigenvalue weighted by Crippen LogP contribution is 2.31. The molecular formula is C18H18N4O3. The molecule has 128 valence electrons. The van der Waals surface area contributed by atoms with Crippen LogP contribution in [0.1, 0.15) is 28.8 Å². The van der Waals surface area contributed by atoms with Gasteiger partial charge in [0, 0.05) is 30.3 Å². The Balaban J connectivity index is 1.73. The zero-order valence-electron chi connectivity index (χ0n) is 13.6. The fourth-order valence-electron chi connectivity index (χ4n) is 2.81. The summed E-state index contributed by atoms with van der Waals surface area (Å²) in [7, 11) is 0. The van der Waals surface area contributed by atoms with Crippen LogP contribution in [0.4, 0.5) is 11.4 Å². The Labute approximate surface area is 145 Å². The van der Waals surface area contributed by atoms with Crippen molar-refractivity contribution in [2.24, 2.45) is 5.10 Å². The normalized spacial score (nSPS) is 14.0. The third-order valence-electron chi connectivity index (χ3n) is 4.06. The average molecular weight is 338 g/mol. The molecule has 1 N–H and O–H groups in total. The molecule has 0 unspecified atom stereocenters. The number of nitrogens with one attached hydrogen (secondary N) is 1. The fraction of sp³-hybridized carbons (Fsp3) is 0.222. The van der Waals surface area contributed by atoms with Crippen LogP contribution in [0.5, 0.6) is 0 Å². The third kappa shape index (κ3) is 4.00. The van der Waals surface area contributed by atoms with Gasteiger partial charge in [-0.3, -0.25) is 14.9 Å². The monoisotopic (exact) mass is 338 g/mol. The summed E-state index contributed by atoms with van der Waals surface area (Å²) in [6.07, 6.45) is 3.50. The van der Waals surface area contributed by atoms with Crippen LogP contribution in [-0.2, 0) is 0 Å². The summed E-state index contributed by atoms with van der Waals surface area (Å²) >= 11 is 0. The lowest BCUT2D eigenvalue weighted by atomic mass is 10.1. The molecule has 0 radical (unpaired) electrons. The lowest BCUT2D eigenvalue weighted by Gasteiger charge is -2.17. The molecule has 2 aromatic carbocycles. The van der Waals surface area contributed by atoms with Crippen molar-refractivity contribution in [1.82, 2.24) is 5.43 Å². The SMILES string of the molecule is O=C(N/N=C/c1ccc(N2CCCC2)c([N+](=O)[O-])c1)c1ccccc1. The molecule has 1 aliphatic rings. The van der Waals surface area contributed by atoms with E-state index in [1.165, 1.54) is 12.3 Å². The van der Waals surface area contributed by atoms with E-state index >= 15 is 0 Å². The summed E-state index contributed by atoms with van der Waals surface area (Å²) in [5.41, 5.74) is 4.16. The largest absolute Gasteiger partial charge is 0.366 e. The van der Waals surface area contributed by atoms with Gasteiger partial charge in [-0.2, -0.15) is 5.10 Å². The van der Waals surface area contributed by atoms with Crippen molar-refractivity contribution in [3.63, 3.8) is 0 Å². The minimum Gasteiger partial charge on any atom is -0.366 e. The zero-order valence-corrected chi connectivity index (χ0v) is 13.6. The van der Waals surface area contributed by atoms with Crippen LogP contribution in [0.2, 0.25) is 0 Å². The van der Waals surface area contributed by atoms with Gasteiger partial charge in [-0.1, -0.05) is 24.3 Å². The van der Waals surface area contributed by atoms with Crippen LogP contribution in [-0.4, -0.2) is 30.1 Å². The Kier molecular flexibility index (Phi) is 5.03. The van der Waals surface area contributed by atoms with Gasteiger partial charge in [0.2, 0.25) is 0 Å². The highest BCUT2D eigenvalue weighted by molar-refractivity contribution is 5.95. The van der Waals surface area contributed by atoms with E-state index in [4.69, 9.17) is 0 Å². The quantitative estimate of drug-likeness (QED) is 0.516. The predicted octanol–water partition coefficient (Wildman–Crippen LogP) is 2.96. The van der Waals surface area contributed by atoms with Crippen LogP contribution >= 0.6 is 0 Å². The Hall–Kier alpha value is -3.22. The third-order valence-corrected chi connectivity index (χ3v) is 4.06. The van der Waals surface area contributed by atoms with Gasteiger partial charge < -0.3 is 4.90 Å². The topological polar surface area (TPSA) is 87.8 Å². The first kappa shape index (κ1) is 16.6. The maximum absolute atomic E-state index is 11.9. The molecule has 3 rings (SSSR count). The van der Waals surface area contributed by atoms with E-state index in [1.54, 1.807) is 36.4 Å². The Morgan fingerprint density at radius 2 is 1.88 bits per heavy atom. The average Bonchev–Trinajstić information content (AvgIpc) is 3.16. The van der Waals surface area contributed by atoms with Crippen molar-refractivity contribution < 1.29 is 9.72 Å². The maximum atomic E-state index is 11.9. The summed E-state index contributed by atoms with van der Waals surface area (Å²) in [5, 5.41) is 15.2. The Bertz CT molecular complexity index is 799. The van der Waals surface area contributed by atoms with E-state index in [-0.39, 0.29) is 16.5 Å². The molecule has 0 aromatic heterocycles. The smallest absolute Gasteiger partial charge is 0.293 e. The summed E-state index contributed by atoms with van der Waals surface area (Å²) in [6.45, 7) is 1.67. The molecule has 0 atom stereocenters. The molecule has 25 heavy (non-hydrogen) atoms. The minimum atomic E-state index is -0.381. The number of carbonyl (C=O) groups is 1. The molecule has 1 saturated heterocycles. The predicted molar refractivity (Wildman–Crippen MR) is 96.0 cm³/mol. The van der Waals surface area contributed by atoms with E-state index in [0.29, 0.717) is 16.8 Å². The van der Waals surface area contributed by atoms with Gasteiger partial charge in [-0.05, 0) is 31.0 Å². The molecule has 1 aliphatic heterocycles. The summed E-state index contributed by atoms with van der Waals surface area (Å²) in [6, 6.07) is 13.7. The van der Waals surface area contributed by atoms with Gasteiger partial charge in [0.25, 0.3) is 11.6 Å². The first-order valence-corrected chi connectivity index (χ1v) is 8.07. The van der Waals surface area contributed by atoms with Gasteiger partial charge in [0.15, 0.2) is 0 Å². The molecule has 2 aromatic rings. The maximum Gasteiger partial charge on any atom is 0.293 e. The molecule has 0 saturated carbocycles. The first-order chi connectivity index (χ1) is 12.1. The van der Waals surface area contributed by atoms with E-state index in [0.717, 1.165) is 25.9 Å². The van der Waals surface area contributed by atoms with Crippen molar-refractivity contribution in [1.29, 1.82) is 0 Å². The molecule has 7 heteroatoms. The molecule has 0 aliphatic carbocycles. The summed E-state index contributed by atoms with van der Waals surface area (Å²) in [5.74, 6) is -0.333. The van der Waals surface area contributed by atoms with Crippen LogP contribution in [0, 0.1) is 10.1 Å². The van der Waals surface area contributed by atoms with Gasteiger partial charge in [-0.25, -0.2) is 5.43 Å². The molecule has 1 heterocycles. The number of amides is 1. The van der Waals surface area contributed by atoms with Gasteiger partial charge in [-0.15, -0.1) is 0 Å². The van der Waals surface area contributed by atoms with E-state index in [2.05, 4.69) is 10.5 Å². The summed E-state index contributed by atoms with van der Waals surface area (Å²) in [4.78, 5) is 24.9.